The van der Waals surface area contributed by atoms with Crippen molar-refractivity contribution in [1.82, 2.24) is 5.32 Å². The molecule has 3 nitrogen and oxygen atoms in total. The molecule has 0 bridgehead atoms. The Morgan fingerprint density at radius 2 is 2.20 bits per heavy atom. The van der Waals surface area contributed by atoms with E-state index in [1.54, 1.807) is 4.58 Å². The number of benzene rings is 1. The number of hydrogen-bond acceptors (Lipinski definition) is 1. The molecule has 0 unspecified atom stereocenters. The lowest BCUT2D eigenvalue weighted by atomic mass is 10.1. The molecule has 80 valence electrons. The minimum absolute atomic E-state index is 0.0290. The zero-order valence-corrected chi connectivity index (χ0v) is 9.50. The van der Waals surface area contributed by atoms with E-state index in [0.29, 0.717) is 12.1 Å². The molecule has 0 aromatic heterocycles. The van der Waals surface area contributed by atoms with Gasteiger partial charge in [0.2, 0.25) is 5.69 Å². The van der Waals surface area contributed by atoms with Gasteiger partial charge in [-0.25, -0.2) is 4.58 Å². The second kappa shape index (κ2) is 4.73. The maximum atomic E-state index is 11.7. The van der Waals surface area contributed by atoms with Crippen LogP contribution in [0.1, 0.15) is 22.8 Å². The number of aryl methyl sites for hydroxylation is 1. The van der Waals surface area contributed by atoms with Crippen molar-refractivity contribution in [3.05, 3.63) is 29.3 Å². The van der Waals surface area contributed by atoms with Gasteiger partial charge in [0.1, 0.15) is 13.8 Å². The molecule has 0 aliphatic heterocycles. The van der Waals surface area contributed by atoms with Crippen LogP contribution in [0.15, 0.2) is 18.2 Å². The van der Waals surface area contributed by atoms with E-state index >= 15 is 0 Å². The molecule has 1 amide bonds. The molecule has 1 aromatic rings. The Kier molecular flexibility index (Phi) is 3.61. The second-order valence-electron chi connectivity index (χ2n) is 3.56. The van der Waals surface area contributed by atoms with Gasteiger partial charge in [-0.1, -0.05) is 6.07 Å². The second-order valence-corrected chi connectivity index (χ2v) is 3.56. The molecule has 0 saturated carbocycles. The molecular formula is C12H17N2O+. The van der Waals surface area contributed by atoms with Crippen molar-refractivity contribution >= 4 is 18.3 Å². The quantitative estimate of drug-likeness (QED) is 0.591. The van der Waals surface area contributed by atoms with Crippen LogP contribution in [0.25, 0.3) is 0 Å². The van der Waals surface area contributed by atoms with Gasteiger partial charge in [0.15, 0.2) is 0 Å². The number of rotatable bonds is 3. The molecule has 0 aliphatic rings. The Labute approximate surface area is 90.4 Å². The van der Waals surface area contributed by atoms with Crippen LogP contribution in [-0.4, -0.2) is 30.8 Å². The van der Waals surface area contributed by atoms with Crippen molar-refractivity contribution in [3.8, 4) is 0 Å². The molecule has 0 heterocycles. The first kappa shape index (κ1) is 11.4. The zero-order chi connectivity index (χ0) is 11.4. The van der Waals surface area contributed by atoms with Gasteiger partial charge < -0.3 is 5.32 Å². The maximum absolute atomic E-state index is 11.7. The third kappa shape index (κ3) is 2.65. The fourth-order valence-electron chi connectivity index (χ4n) is 1.35. The summed E-state index contributed by atoms with van der Waals surface area (Å²) >= 11 is 0. The van der Waals surface area contributed by atoms with Gasteiger partial charge in [0.25, 0.3) is 5.91 Å². The fourth-order valence-corrected chi connectivity index (χ4v) is 1.35. The summed E-state index contributed by atoms with van der Waals surface area (Å²) in [6.07, 6.45) is 0. The monoisotopic (exact) mass is 205 g/mol. The highest BCUT2D eigenvalue weighted by Crippen LogP contribution is 2.16. The lowest BCUT2D eigenvalue weighted by molar-refractivity contribution is -0.394. The van der Waals surface area contributed by atoms with E-state index < -0.39 is 0 Å². The summed E-state index contributed by atoms with van der Waals surface area (Å²) in [6, 6.07) is 5.74. The number of hydrogen-bond donors (Lipinski definition) is 1. The minimum atomic E-state index is -0.0290. The summed E-state index contributed by atoms with van der Waals surface area (Å²) in [7, 11) is 1.85. The molecule has 15 heavy (non-hydrogen) atoms. The van der Waals surface area contributed by atoms with Gasteiger partial charge in [-0.2, -0.15) is 0 Å². The summed E-state index contributed by atoms with van der Waals surface area (Å²) in [5.41, 5.74) is 2.62. The molecule has 0 spiro atoms. The molecule has 0 aliphatic carbocycles. The van der Waals surface area contributed by atoms with Gasteiger partial charge in [-0.15, -0.1) is 0 Å². The molecular weight excluding hydrogens is 188 g/mol. The largest absolute Gasteiger partial charge is 0.352 e. The Morgan fingerprint density at radius 3 is 2.73 bits per heavy atom. The SMILES string of the molecule is C=[N+](C)c1ccc(C)c(C(=O)NCC)c1. The van der Waals surface area contributed by atoms with Gasteiger partial charge in [0, 0.05) is 24.2 Å². The zero-order valence-electron chi connectivity index (χ0n) is 9.50. The summed E-state index contributed by atoms with van der Waals surface area (Å²) < 4.78 is 1.74. The molecule has 0 fully saturated rings. The van der Waals surface area contributed by atoms with Crippen molar-refractivity contribution in [2.75, 3.05) is 13.6 Å². The number of nitrogens with zero attached hydrogens (tertiary/aromatic N) is 1. The fraction of sp³-hybridized carbons (Fsp3) is 0.333. The predicted molar refractivity (Wildman–Crippen MR) is 62.2 cm³/mol. The third-order valence-corrected chi connectivity index (χ3v) is 2.24. The first-order valence-corrected chi connectivity index (χ1v) is 4.99. The topological polar surface area (TPSA) is 32.1 Å². The van der Waals surface area contributed by atoms with E-state index in [1.807, 2.05) is 39.1 Å². The Bertz CT molecular complexity index is 397. The highest BCUT2D eigenvalue weighted by Gasteiger charge is 2.11. The number of carbonyl (C=O) groups is 1. The standard InChI is InChI=1S/C12H16N2O/c1-5-13-12(15)11-8-10(14(3)4)7-6-9(11)2/h6-8H,3,5H2,1-2,4H3/p+1. The molecule has 0 atom stereocenters. The first-order chi connectivity index (χ1) is 7.06. The normalized spacial score (nSPS) is 9.80. The van der Waals surface area contributed by atoms with Crippen molar-refractivity contribution in [2.45, 2.75) is 13.8 Å². The average Bonchev–Trinajstić information content (AvgIpc) is 2.18. The van der Waals surface area contributed by atoms with Gasteiger partial charge in [-0.3, -0.25) is 4.79 Å². The van der Waals surface area contributed by atoms with E-state index in [9.17, 15) is 4.79 Å². The van der Waals surface area contributed by atoms with Gasteiger partial charge >= 0.3 is 0 Å². The predicted octanol–water partition coefficient (Wildman–Crippen LogP) is 1.72. The summed E-state index contributed by atoms with van der Waals surface area (Å²) in [5.74, 6) is -0.0290. The molecule has 3 heteroatoms. The van der Waals surface area contributed by atoms with Crippen LogP contribution in [0.4, 0.5) is 5.69 Å². The summed E-state index contributed by atoms with van der Waals surface area (Å²) in [4.78, 5) is 11.7. The van der Waals surface area contributed by atoms with E-state index in [1.165, 1.54) is 0 Å². The Hall–Kier alpha value is -1.64. The number of amides is 1. The van der Waals surface area contributed by atoms with Crippen LogP contribution in [0, 0.1) is 6.92 Å². The summed E-state index contributed by atoms with van der Waals surface area (Å²) in [6.45, 7) is 8.26. The van der Waals surface area contributed by atoms with Crippen molar-refractivity contribution in [3.63, 3.8) is 0 Å². The highest BCUT2D eigenvalue weighted by molar-refractivity contribution is 5.96. The van der Waals surface area contributed by atoms with Crippen molar-refractivity contribution < 1.29 is 9.37 Å². The minimum Gasteiger partial charge on any atom is -0.352 e. The first-order valence-electron chi connectivity index (χ1n) is 4.99. The van der Waals surface area contributed by atoms with Crippen molar-refractivity contribution in [2.24, 2.45) is 0 Å². The smallest absolute Gasteiger partial charge is 0.251 e. The lowest BCUT2D eigenvalue weighted by Crippen LogP contribution is -2.23. The molecule has 0 saturated heterocycles. The lowest BCUT2D eigenvalue weighted by Gasteiger charge is -2.06. The Morgan fingerprint density at radius 1 is 1.53 bits per heavy atom. The van der Waals surface area contributed by atoms with Crippen molar-refractivity contribution in [1.29, 1.82) is 0 Å². The van der Waals surface area contributed by atoms with Gasteiger partial charge in [-0.05, 0) is 19.4 Å². The van der Waals surface area contributed by atoms with Crippen LogP contribution in [0.5, 0.6) is 0 Å². The molecule has 1 rings (SSSR count). The summed E-state index contributed by atoms with van der Waals surface area (Å²) in [5, 5.41) is 2.79. The highest BCUT2D eigenvalue weighted by atomic mass is 16.1. The third-order valence-electron chi connectivity index (χ3n) is 2.24. The number of carbonyl (C=O) groups excluding carboxylic acids is 1. The average molecular weight is 205 g/mol. The molecule has 0 radical (unpaired) electrons. The number of nitrogens with one attached hydrogen (secondary N) is 1. The van der Waals surface area contributed by atoms with E-state index in [2.05, 4.69) is 12.0 Å². The van der Waals surface area contributed by atoms with E-state index in [0.717, 1.165) is 11.3 Å². The van der Waals surface area contributed by atoms with Crippen LogP contribution >= 0.6 is 0 Å². The van der Waals surface area contributed by atoms with E-state index in [-0.39, 0.29) is 5.91 Å². The van der Waals surface area contributed by atoms with Crippen LogP contribution in [0.2, 0.25) is 0 Å². The van der Waals surface area contributed by atoms with Gasteiger partial charge in [0.05, 0.1) is 0 Å². The Balaban J connectivity index is 3.10. The molecule has 1 aromatic carbocycles. The van der Waals surface area contributed by atoms with Crippen LogP contribution in [0.3, 0.4) is 0 Å². The maximum Gasteiger partial charge on any atom is 0.251 e. The van der Waals surface area contributed by atoms with Crippen LogP contribution < -0.4 is 5.32 Å². The molecule has 1 N–H and O–H groups in total. The van der Waals surface area contributed by atoms with Crippen LogP contribution in [-0.2, 0) is 0 Å². The van der Waals surface area contributed by atoms with E-state index in [4.69, 9.17) is 0 Å².